The maximum absolute atomic E-state index is 12.0. The van der Waals surface area contributed by atoms with Crippen molar-refractivity contribution >= 4 is 5.97 Å². The molecule has 5 heteroatoms. The maximum atomic E-state index is 12.0. The highest BCUT2D eigenvalue weighted by atomic mass is 16.5. The molecule has 0 atom stereocenters. The van der Waals surface area contributed by atoms with E-state index in [4.69, 9.17) is 18.9 Å². The Bertz CT molecular complexity index is 994. The summed E-state index contributed by atoms with van der Waals surface area (Å²) in [5.41, 5.74) is 1.72. The average Bonchev–Trinajstić information content (AvgIpc) is 2.77. The van der Waals surface area contributed by atoms with Gasteiger partial charge in [0.25, 0.3) is 0 Å². The van der Waals surface area contributed by atoms with Crippen LogP contribution in [0.4, 0.5) is 0 Å². The molecule has 1 fully saturated rings. The van der Waals surface area contributed by atoms with Crippen molar-refractivity contribution in [2.75, 3.05) is 19.8 Å². The predicted octanol–water partition coefficient (Wildman–Crippen LogP) is 5.28. The van der Waals surface area contributed by atoms with Gasteiger partial charge in [0.05, 0.1) is 31.7 Å². The van der Waals surface area contributed by atoms with E-state index in [9.17, 15) is 4.79 Å². The molecule has 5 nitrogen and oxygen atoms in total. The van der Waals surface area contributed by atoms with Gasteiger partial charge in [-0.1, -0.05) is 48.5 Å². The molecule has 0 N–H and O–H groups in total. The number of esters is 1. The Hall–Kier alpha value is -3.31. The highest BCUT2D eigenvalue weighted by Gasteiger charge is 2.42. The zero-order chi connectivity index (χ0) is 21.5. The van der Waals surface area contributed by atoms with Gasteiger partial charge in [0.2, 0.25) is 0 Å². The lowest BCUT2D eigenvalue weighted by Gasteiger charge is -2.41. The number of carbonyl (C=O) groups is 1. The first-order valence-electron chi connectivity index (χ1n) is 10.5. The number of hydrogen-bond acceptors (Lipinski definition) is 5. The van der Waals surface area contributed by atoms with Crippen LogP contribution >= 0.6 is 0 Å². The minimum Gasteiger partial charge on any atom is -0.489 e. The van der Waals surface area contributed by atoms with Gasteiger partial charge in [-0.2, -0.15) is 0 Å². The van der Waals surface area contributed by atoms with Crippen molar-refractivity contribution in [3.8, 4) is 17.2 Å². The van der Waals surface area contributed by atoms with E-state index in [1.54, 1.807) is 0 Å². The molecule has 3 aromatic carbocycles. The molecule has 0 spiro atoms. The molecule has 0 aliphatic carbocycles. The fraction of sp³-hybridized carbons (Fsp3) is 0.269. The smallest absolute Gasteiger partial charge is 0.306 e. The van der Waals surface area contributed by atoms with E-state index in [2.05, 4.69) is 0 Å². The Morgan fingerprint density at radius 3 is 2.29 bits per heavy atom. The van der Waals surface area contributed by atoms with Crippen LogP contribution in [0.1, 0.15) is 24.5 Å². The van der Waals surface area contributed by atoms with Crippen LogP contribution in [0, 0.1) is 0 Å². The summed E-state index contributed by atoms with van der Waals surface area (Å²) in [4.78, 5) is 12.0. The van der Waals surface area contributed by atoms with Gasteiger partial charge in [-0.05, 0) is 42.8 Å². The molecule has 3 aromatic rings. The van der Waals surface area contributed by atoms with Crippen molar-refractivity contribution in [1.29, 1.82) is 0 Å². The first-order valence-corrected chi connectivity index (χ1v) is 10.5. The fourth-order valence-electron chi connectivity index (χ4n) is 3.61. The lowest BCUT2D eigenvalue weighted by Crippen LogP contribution is -2.48. The number of hydrogen-bond donors (Lipinski definition) is 0. The van der Waals surface area contributed by atoms with Gasteiger partial charge >= 0.3 is 5.97 Å². The summed E-state index contributed by atoms with van der Waals surface area (Å²) in [5.74, 6) is 2.12. The van der Waals surface area contributed by atoms with E-state index in [1.807, 2.05) is 85.8 Å². The zero-order valence-corrected chi connectivity index (χ0v) is 17.6. The van der Waals surface area contributed by atoms with Crippen molar-refractivity contribution < 1.29 is 23.7 Å². The van der Waals surface area contributed by atoms with Crippen LogP contribution in [0.3, 0.4) is 0 Å². The molecule has 0 radical (unpaired) electrons. The minimum absolute atomic E-state index is 0.193. The van der Waals surface area contributed by atoms with E-state index in [0.29, 0.717) is 32.8 Å². The molecule has 31 heavy (non-hydrogen) atoms. The number of benzene rings is 3. The third-order valence-electron chi connectivity index (χ3n) is 5.35. The Labute approximate surface area is 182 Å². The first-order chi connectivity index (χ1) is 15.2. The molecule has 160 valence electrons. The van der Waals surface area contributed by atoms with Crippen molar-refractivity contribution in [2.24, 2.45) is 0 Å². The lowest BCUT2D eigenvalue weighted by atomic mass is 9.76. The first kappa shape index (κ1) is 20.9. The van der Waals surface area contributed by atoms with Crippen molar-refractivity contribution in [3.63, 3.8) is 0 Å². The number of ether oxygens (including phenoxy) is 4. The summed E-state index contributed by atoms with van der Waals surface area (Å²) in [6, 6.07) is 25.4. The summed E-state index contributed by atoms with van der Waals surface area (Å²) >= 11 is 0. The van der Waals surface area contributed by atoms with Crippen molar-refractivity contribution in [1.82, 2.24) is 0 Å². The van der Waals surface area contributed by atoms with E-state index >= 15 is 0 Å². The van der Waals surface area contributed by atoms with E-state index < -0.39 is 0 Å². The minimum atomic E-state index is -0.305. The van der Waals surface area contributed by atoms with Gasteiger partial charge < -0.3 is 18.9 Å². The largest absolute Gasteiger partial charge is 0.489 e. The Morgan fingerprint density at radius 1 is 0.903 bits per heavy atom. The summed E-state index contributed by atoms with van der Waals surface area (Å²) in [6.07, 6.45) is 0.325. The second-order valence-electron chi connectivity index (χ2n) is 7.59. The normalized spacial score (nSPS) is 14.4. The van der Waals surface area contributed by atoms with Gasteiger partial charge in [0.15, 0.2) is 0 Å². The molecular weight excluding hydrogens is 392 g/mol. The van der Waals surface area contributed by atoms with E-state index in [0.717, 1.165) is 28.4 Å². The maximum Gasteiger partial charge on any atom is 0.306 e. The van der Waals surface area contributed by atoms with Crippen LogP contribution in [0.5, 0.6) is 17.2 Å². The number of rotatable bonds is 9. The Balaban J connectivity index is 1.41. The highest BCUT2D eigenvalue weighted by Crippen LogP contribution is 2.37. The SMILES string of the molecule is CCOC(=O)CC1(c2ccc(OCc3ccccc3Oc3ccccc3)cc2)COC1. The molecule has 1 aliphatic heterocycles. The molecule has 1 saturated heterocycles. The molecule has 0 saturated carbocycles. The highest BCUT2D eigenvalue weighted by molar-refractivity contribution is 5.72. The zero-order valence-electron chi connectivity index (χ0n) is 17.6. The van der Waals surface area contributed by atoms with Crippen LogP contribution in [0.2, 0.25) is 0 Å². The van der Waals surface area contributed by atoms with Gasteiger partial charge in [-0.15, -0.1) is 0 Å². The van der Waals surface area contributed by atoms with Gasteiger partial charge in [-0.25, -0.2) is 0 Å². The van der Waals surface area contributed by atoms with E-state index in [-0.39, 0.29) is 11.4 Å². The average molecular weight is 418 g/mol. The summed E-state index contributed by atoms with van der Waals surface area (Å²) in [6.45, 7) is 3.64. The number of para-hydroxylation sites is 2. The summed E-state index contributed by atoms with van der Waals surface area (Å²) in [7, 11) is 0. The molecule has 0 amide bonds. The number of carbonyl (C=O) groups excluding carboxylic acids is 1. The van der Waals surface area contributed by atoms with Crippen LogP contribution < -0.4 is 9.47 Å². The van der Waals surface area contributed by atoms with Gasteiger partial charge in [-0.3, -0.25) is 4.79 Å². The van der Waals surface area contributed by atoms with Gasteiger partial charge in [0.1, 0.15) is 23.9 Å². The van der Waals surface area contributed by atoms with E-state index in [1.165, 1.54) is 0 Å². The summed E-state index contributed by atoms with van der Waals surface area (Å²) in [5, 5.41) is 0. The van der Waals surface area contributed by atoms with Gasteiger partial charge in [0, 0.05) is 5.56 Å². The quantitative estimate of drug-likeness (QED) is 0.443. The van der Waals surface area contributed by atoms with Crippen LogP contribution in [0.25, 0.3) is 0 Å². The Kier molecular flexibility index (Phi) is 6.53. The van der Waals surface area contributed by atoms with Crippen LogP contribution in [-0.4, -0.2) is 25.8 Å². The van der Waals surface area contributed by atoms with Crippen LogP contribution in [-0.2, 0) is 26.3 Å². The third-order valence-corrected chi connectivity index (χ3v) is 5.35. The predicted molar refractivity (Wildman–Crippen MR) is 117 cm³/mol. The molecule has 0 aromatic heterocycles. The molecule has 0 bridgehead atoms. The second kappa shape index (κ2) is 9.67. The molecular formula is C26H26O5. The standard InChI is InChI=1S/C26H26O5/c1-2-29-25(27)16-26(18-28-19-26)21-12-14-22(15-13-21)30-17-20-8-6-7-11-24(20)31-23-9-4-3-5-10-23/h3-15H,2,16-19H2,1H3. The molecule has 0 unspecified atom stereocenters. The lowest BCUT2D eigenvalue weighted by molar-refractivity contribution is -0.151. The molecule has 4 rings (SSSR count). The second-order valence-corrected chi connectivity index (χ2v) is 7.59. The summed E-state index contributed by atoms with van der Waals surface area (Å²) < 4.78 is 22.6. The Morgan fingerprint density at radius 2 is 1.61 bits per heavy atom. The van der Waals surface area contributed by atoms with Crippen molar-refractivity contribution in [3.05, 3.63) is 90.0 Å². The fourth-order valence-corrected chi connectivity index (χ4v) is 3.61. The van der Waals surface area contributed by atoms with Crippen molar-refractivity contribution in [2.45, 2.75) is 25.4 Å². The molecule has 1 heterocycles. The van der Waals surface area contributed by atoms with Crippen LogP contribution in [0.15, 0.2) is 78.9 Å². The monoisotopic (exact) mass is 418 g/mol. The molecule has 1 aliphatic rings. The topological polar surface area (TPSA) is 54.0 Å². The third kappa shape index (κ3) is 5.06.